The van der Waals surface area contributed by atoms with Crippen LogP contribution in [0.3, 0.4) is 0 Å². The average Bonchev–Trinajstić information content (AvgIpc) is 2.35. The van der Waals surface area contributed by atoms with Crippen LogP contribution in [-0.4, -0.2) is 30.4 Å². The van der Waals surface area contributed by atoms with Crippen molar-refractivity contribution in [2.24, 2.45) is 5.73 Å². The predicted molar refractivity (Wildman–Crippen MR) is 68.9 cm³/mol. The van der Waals surface area contributed by atoms with Gasteiger partial charge >= 0.3 is 12.0 Å². The zero-order valence-electron chi connectivity index (χ0n) is 10.2. The molecular formula is C12H13ClN2O4. The Kier molecular flexibility index (Phi) is 5.32. The molecule has 1 aromatic rings. The average molecular weight is 285 g/mol. The van der Waals surface area contributed by atoms with E-state index in [2.05, 4.69) is 5.32 Å². The number of halogens is 1. The van der Waals surface area contributed by atoms with Gasteiger partial charge in [0.05, 0.1) is 5.02 Å². The lowest BCUT2D eigenvalue weighted by atomic mass is 10.1. The number of carbonyl (C=O) groups is 3. The van der Waals surface area contributed by atoms with Gasteiger partial charge in [-0.1, -0.05) is 23.7 Å². The van der Waals surface area contributed by atoms with Gasteiger partial charge in [-0.2, -0.15) is 0 Å². The molecule has 0 spiro atoms. The summed E-state index contributed by atoms with van der Waals surface area (Å²) in [5.74, 6) is -1.18. The molecule has 1 aromatic carbocycles. The van der Waals surface area contributed by atoms with Gasteiger partial charge in [0.25, 0.3) is 0 Å². The first-order valence-corrected chi connectivity index (χ1v) is 5.80. The summed E-state index contributed by atoms with van der Waals surface area (Å²) in [7, 11) is 0. The van der Waals surface area contributed by atoms with Crippen LogP contribution in [0.2, 0.25) is 5.02 Å². The Bertz CT molecular complexity index is 504. The molecule has 0 heterocycles. The molecule has 19 heavy (non-hydrogen) atoms. The van der Waals surface area contributed by atoms with Crippen molar-refractivity contribution in [2.75, 3.05) is 6.61 Å². The Morgan fingerprint density at radius 2 is 2.00 bits per heavy atom. The summed E-state index contributed by atoms with van der Waals surface area (Å²) in [6.45, 7) is 0.945. The molecule has 1 atom stereocenters. The second-order valence-corrected chi connectivity index (χ2v) is 4.15. The number of ether oxygens (including phenoxy) is 1. The minimum absolute atomic E-state index is 0.271. The Balaban J connectivity index is 2.53. The van der Waals surface area contributed by atoms with Crippen LogP contribution in [0.1, 0.15) is 17.3 Å². The Morgan fingerprint density at radius 1 is 1.37 bits per heavy atom. The third kappa shape index (κ3) is 4.59. The summed E-state index contributed by atoms with van der Waals surface area (Å²) in [6, 6.07) is 4.66. The van der Waals surface area contributed by atoms with Gasteiger partial charge in [0.15, 0.2) is 6.61 Å². The molecule has 0 aliphatic carbocycles. The maximum atomic E-state index is 11.7. The smallest absolute Gasteiger partial charge is 0.328 e. The van der Waals surface area contributed by atoms with E-state index in [0.717, 1.165) is 0 Å². The molecule has 102 valence electrons. The number of urea groups is 1. The van der Waals surface area contributed by atoms with Gasteiger partial charge in [-0.3, -0.25) is 4.79 Å². The summed E-state index contributed by atoms with van der Waals surface area (Å²) in [6.07, 6.45) is 0. The molecule has 1 unspecified atom stereocenters. The van der Waals surface area contributed by atoms with Crippen molar-refractivity contribution in [3.63, 3.8) is 0 Å². The number of amides is 2. The number of benzene rings is 1. The van der Waals surface area contributed by atoms with Gasteiger partial charge < -0.3 is 15.8 Å². The molecule has 2 amide bonds. The van der Waals surface area contributed by atoms with Crippen LogP contribution in [0.15, 0.2) is 24.3 Å². The van der Waals surface area contributed by atoms with Crippen molar-refractivity contribution < 1.29 is 19.1 Å². The normalized spacial score (nSPS) is 11.5. The number of nitrogens with two attached hydrogens (primary N) is 1. The van der Waals surface area contributed by atoms with E-state index in [0.29, 0.717) is 0 Å². The first kappa shape index (κ1) is 15.0. The van der Waals surface area contributed by atoms with E-state index in [-0.39, 0.29) is 10.6 Å². The molecule has 0 aromatic heterocycles. The number of hydrogen-bond acceptors (Lipinski definition) is 4. The minimum Gasteiger partial charge on any atom is -0.456 e. The minimum atomic E-state index is -0.920. The van der Waals surface area contributed by atoms with E-state index in [1.165, 1.54) is 13.0 Å². The molecule has 0 fully saturated rings. The summed E-state index contributed by atoms with van der Waals surface area (Å²) >= 11 is 5.83. The summed E-state index contributed by atoms with van der Waals surface area (Å²) in [4.78, 5) is 33.7. The van der Waals surface area contributed by atoms with E-state index < -0.39 is 30.4 Å². The summed E-state index contributed by atoms with van der Waals surface area (Å²) < 4.78 is 4.76. The Hall–Kier alpha value is -2.08. The van der Waals surface area contributed by atoms with E-state index in [4.69, 9.17) is 22.1 Å². The van der Waals surface area contributed by atoms with Crippen LogP contribution >= 0.6 is 11.6 Å². The maximum Gasteiger partial charge on any atom is 0.328 e. The number of rotatable bonds is 5. The molecule has 0 aliphatic heterocycles. The maximum absolute atomic E-state index is 11.7. The molecule has 6 nitrogen and oxygen atoms in total. The highest BCUT2D eigenvalue weighted by Gasteiger charge is 2.18. The standard InChI is InChI=1S/C12H13ClN2O4/c1-7(15-12(14)18)11(17)19-6-10(16)8-4-2-3-5-9(8)13/h2-5,7H,6H2,1H3,(H3,14,15,18). The number of esters is 1. The summed E-state index contributed by atoms with van der Waals surface area (Å²) in [5.41, 5.74) is 5.13. The van der Waals surface area contributed by atoms with Crippen LogP contribution in [-0.2, 0) is 9.53 Å². The van der Waals surface area contributed by atoms with E-state index >= 15 is 0 Å². The van der Waals surface area contributed by atoms with Crippen molar-refractivity contribution >= 4 is 29.4 Å². The summed E-state index contributed by atoms with van der Waals surface area (Å²) in [5, 5.41) is 2.43. The Morgan fingerprint density at radius 3 is 2.58 bits per heavy atom. The van der Waals surface area contributed by atoms with E-state index in [1.54, 1.807) is 18.2 Å². The molecule has 1 rings (SSSR count). The zero-order chi connectivity index (χ0) is 14.4. The van der Waals surface area contributed by atoms with Crippen molar-refractivity contribution in [3.8, 4) is 0 Å². The van der Waals surface area contributed by atoms with Crippen molar-refractivity contribution in [1.82, 2.24) is 5.32 Å². The van der Waals surface area contributed by atoms with Crippen molar-refractivity contribution in [3.05, 3.63) is 34.9 Å². The van der Waals surface area contributed by atoms with Crippen LogP contribution < -0.4 is 11.1 Å². The molecular weight excluding hydrogens is 272 g/mol. The van der Waals surface area contributed by atoms with Crippen LogP contribution in [0.5, 0.6) is 0 Å². The van der Waals surface area contributed by atoms with Crippen molar-refractivity contribution in [2.45, 2.75) is 13.0 Å². The molecule has 0 bridgehead atoms. The molecule has 0 aliphatic rings. The number of primary amides is 1. The number of nitrogens with one attached hydrogen (secondary N) is 1. The fraction of sp³-hybridized carbons (Fsp3) is 0.250. The second-order valence-electron chi connectivity index (χ2n) is 3.74. The van der Waals surface area contributed by atoms with Gasteiger partial charge in [-0.05, 0) is 19.1 Å². The lowest BCUT2D eigenvalue weighted by Gasteiger charge is -2.11. The highest BCUT2D eigenvalue weighted by Crippen LogP contribution is 2.15. The topological polar surface area (TPSA) is 98.5 Å². The quantitative estimate of drug-likeness (QED) is 0.625. The highest BCUT2D eigenvalue weighted by molar-refractivity contribution is 6.34. The number of ketones is 1. The zero-order valence-corrected chi connectivity index (χ0v) is 10.9. The van der Waals surface area contributed by atoms with Gasteiger partial charge in [-0.15, -0.1) is 0 Å². The first-order valence-electron chi connectivity index (χ1n) is 5.42. The van der Waals surface area contributed by atoms with Gasteiger partial charge in [0.1, 0.15) is 6.04 Å². The fourth-order valence-electron chi connectivity index (χ4n) is 1.30. The van der Waals surface area contributed by atoms with E-state index in [9.17, 15) is 14.4 Å². The number of carbonyl (C=O) groups excluding carboxylic acids is 3. The molecule has 0 saturated heterocycles. The van der Waals surface area contributed by atoms with Crippen LogP contribution in [0.4, 0.5) is 4.79 Å². The molecule has 0 radical (unpaired) electrons. The SMILES string of the molecule is CC(NC(N)=O)C(=O)OCC(=O)c1ccccc1Cl. The second kappa shape index (κ2) is 6.75. The van der Waals surface area contributed by atoms with Crippen molar-refractivity contribution in [1.29, 1.82) is 0 Å². The monoisotopic (exact) mass is 284 g/mol. The fourth-order valence-corrected chi connectivity index (χ4v) is 1.54. The number of hydrogen-bond donors (Lipinski definition) is 2. The largest absolute Gasteiger partial charge is 0.456 e. The molecule has 3 N–H and O–H groups in total. The van der Waals surface area contributed by atoms with Gasteiger partial charge in [0.2, 0.25) is 5.78 Å². The predicted octanol–water partition coefficient (Wildman–Crippen LogP) is 1.12. The third-order valence-electron chi connectivity index (χ3n) is 2.23. The van der Waals surface area contributed by atoms with Crippen LogP contribution in [0, 0.1) is 0 Å². The molecule has 0 saturated carbocycles. The van der Waals surface area contributed by atoms with Gasteiger partial charge in [-0.25, -0.2) is 9.59 Å². The highest BCUT2D eigenvalue weighted by atomic mass is 35.5. The third-order valence-corrected chi connectivity index (χ3v) is 2.56. The van der Waals surface area contributed by atoms with Gasteiger partial charge in [0, 0.05) is 5.56 Å². The molecule has 7 heteroatoms. The van der Waals surface area contributed by atoms with Crippen LogP contribution in [0.25, 0.3) is 0 Å². The lowest BCUT2D eigenvalue weighted by molar-refractivity contribution is -0.144. The lowest BCUT2D eigenvalue weighted by Crippen LogP contribution is -2.42. The Labute approximate surface area is 114 Å². The van der Waals surface area contributed by atoms with E-state index in [1.807, 2.05) is 0 Å². The first-order chi connectivity index (χ1) is 8.91. The number of Topliss-reactive ketones (excluding diaryl/α,β-unsaturated/α-hetero) is 1.